The van der Waals surface area contributed by atoms with Gasteiger partial charge < -0.3 is 14.6 Å². The molecule has 0 aliphatic carbocycles. The van der Waals surface area contributed by atoms with Crippen LogP contribution in [0.2, 0.25) is 0 Å². The Morgan fingerprint density at radius 2 is 2.24 bits per heavy atom. The number of aryl methyl sites for hydroxylation is 2. The van der Waals surface area contributed by atoms with Gasteiger partial charge in [0.25, 0.3) is 5.82 Å². The third kappa shape index (κ3) is 2.11. The third-order valence-corrected chi connectivity index (χ3v) is 2.82. The van der Waals surface area contributed by atoms with E-state index in [2.05, 4.69) is 0 Å². The van der Waals surface area contributed by atoms with Crippen LogP contribution in [0.15, 0.2) is 28.9 Å². The van der Waals surface area contributed by atoms with Gasteiger partial charge in [-0.1, -0.05) is 0 Å². The largest absolute Gasteiger partial charge is 0.460 e. The fraction of sp³-hybridized carbons (Fsp3) is 0.417. The molecule has 0 aliphatic rings. The van der Waals surface area contributed by atoms with Gasteiger partial charge in [-0.2, -0.15) is 0 Å². The van der Waals surface area contributed by atoms with Crippen LogP contribution in [-0.2, 0) is 20.2 Å². The first-order valence-electron chi connectivity index (χ1n) is 5.59. The summed E-state index contributed by atoms with van der Waals surface area (Å²) in [5.74, 6) is 1.65. The Kier molecular flexibility index (Phi) is 3.31. The maximum Gasteiger partial charge on any atom is 0.293 e. The van der Waals surface area contributed by atoms with Gasteiger partial charge in [0, 0.05) is 0 Å². The first-order valence-corrected chi connectivity index (χ1v) is 5.59. The molecule has 5 heteroatoms. The Bertz CT molecular complexity index is 502. The number of hydrogen-bond acceptors (Lipinski definition) is 3. The minimum atomic E-state index is -0.824. The molecule has 0 radical (unpaired) electrons. The van der Waals surface area contributed by atoms with E-state index in [1.807, 2.05) is 35.5 Å². The molecule has 2 N–H and O–H groups in total. The Hall–Kier alpha value is -1.59. The normalized spacial score (nSPS) is 12.9. The van der Waals surface area contributed by atoms with Gasteiger partial charge in [-0.05, 0) is 19.1 Å². The van der Waals surface area contributed by atoms with Crippen LogP contribution in [0, 0.1) is 0 Å². The predicted molar refractivity (Wildman–Crippen MR) is 60.0 cm³/mol. The molecule has 17 heavy (non-hydrogen) atoms. The van der Waals surface area contributed by atoms with Crippen molar-refractivity contribution in [3.63, 3.8) is 0 Å². The van der Waals surface area contributed by atoms with Crippen LogP contribution in [0.1, 0.15) is 30.4 Å². The maximum absolute atomic E-state index is 10.3. The minimum absolute atomic E-state index is 0.159. The monoisotopic (exact) mass is 237 g/mol. The molecule has 0 bridgehead atoms. The number of rotatable bonds is 4. The lowest BCUT2D eigenvalue weighted by atomic mass is 10.2. The minimum Gasteiger partial charge on any atom is -0.460 e. The summed E-state index contributed by atoms with van der Waals surface area (Å²) in [4.78, 5) is 0. The van der Waals surface area contributed by atoms with E-state index in [9.17, 15) is 5.11 Å². The second kappa shape index (κ2) is 4.73. The van der Waals surface area contributed by atoms with Crippen LogP contribution >= 0.6 is 0 Å². The molecule has 0 saturated carbocycles. The van der Waals surface area contributed by atoms with Crippen LogP contribution in [-0.4, -0.2) is 14.8 Å². The summed E-state index contributed by atoms with van der Waals surface area (Å²) in [6, 6.07) is 3.35. The lowest BCUT2D eigenvalue weighted by molar-refractivity contribution is -0.703. The quantitative estimate of drug-likeness (QED) is 0.761. The summed E-state index contributed by atoms with van der Waals surface area (Å²) >= 11 is 0. The van der Waals surface area contributed by atoms with Crippen LogP contribution < -0.4 is 4.57 Å². The van der Waals surface area contributed by atoms with E-state index in [4.69, 9.17) is 9.52 Å². The molecule has 2 aromatic heterocycles. The molecule has 0 aliphatic heterocycles. The van der Waals surface area contributed by atoms with Crippen molar-refractivity contribution in [1.29, 1.82) is 0 Å². The number of aliphatic hydroxyl groups excluding tert-OH is 2. The first-order chi connectivity index (χ1) is 8.17. The standard InChI is InChI=1S/C12H17N2O3/c1-3-14-7-6-13(2)12(14)11(16)10-5-4-9(8-15)17-10/h4-7,11,15-16H,3,8H2,1-2H3/q+1. The molecule has 0 aromatic carbocycles. The SMILES string of the molecule is CC[n+]1ccn(C)c1C(O)c1ccc(CO)o1. The zero-order valence-corrected chi connectivity index (χ0v) is 10.00. The first kappa shape index (κ1) is 11.9. The number of aliphatic hydroxyl groups is 2. The summed E-state index contributed by atoms with van der Waals surface area (Å²) in [5.41, 5.74) is 0. The van der Waals surface area contributed by atoms with Crippen LogP contribution in [0.25, 0.3) is 0 Å². The van der Waals surface area contributed by atoms with E-state index in [-0.39, 0.29) is 6.61 Å². The Morgan fingerprint density at radius 3 is 2.82 bits per heavy atom. The summed E-state index contributed by atoms with van der Waals surface area (Å²) in [6.07, 6.45) is 2.97. The zero-order valence-electron chi connectivity index (χ0n) is 10.00. The average Bonchev–Trinajstić information content (AvgIpc) is 2.94. The van der Waals surface area contributed by atoms with Gasteiger partial charge in [0.2, 0.25) is 6.10 Å². The molecule has 2 aromatic rings. The van der Waals surface area contributed by atoms with Crippen molar-refractivity contribution in [2.75, 3.05) is 0 Å². The lowest BCUT2D eigenvalue weighted by Gasteiger charge is -2.06. The Morgan fingerprint density at radius 1 is 1.47 bits per heavy atom. The van der Waals surface area contributed by atoms with E-state index < -0.39 is 6.10 Å². The molecule has 1 unspecified atom stereocenters. The highest BCUT2D eigenvalue weighted by atomic mass is 16.4. The summed E-state index contributed by atoms with van der Waals surface area (Å²) in [5, 5.41) is 19.2. The fourth-order valence-electron chi connectivity index (χ4n) is 1.91. The van der Waals surface area contributed by atoms with Gasteiger partial charge in [-0.15, -0.1) is 0 Å². The molecule has 2 heterocycles. The number of imidazole rings is 1. The fourth-order valence-corrected chi connectivity index (χ4v) is 1.91. The average molecular weight is 237 g/mol. The van der Waals surface area contributed by atoms with Gasteiger partial charge in [-0.3, -0.25) is 0 Å². The van der Waals surface area contributed by atoms with Gasteiger partial charge in [-0.25, -0.2) is 9.13 Å². The second-order valence-corrected chi connectivity index (χ2v) is 3.92. The molecule has 2 rings (SSSR count). The Labute approximate surface area is 99.5 Å². The highest BCUT2D eigenvalue weighted by Gasteiger charge is 2.27. The highest BCUT2D eigenvalue weighted by Crippen LogP contribution is 2.21. The molecule has 0 spiro atoms. The van der Waals surface area contributed by atoms with E-state index in [1.54, 1.807) is 12.1 Å². The highest BCUT2D eigenvalue weighted by molar-refractivity contribution is 5.13. The topological polar surface area (TPSA) is 62.4 Å². The van der Waals surface area contributed by atoms with Gasteiger partial charge in [0.05, 0.1) is 13.6 Å². The predicted octanol–water partition coefficient (Wildman–Crippen LogP) is 0.500. The number of hydrogen-bond donors (Lipinski definition) is 2. The smallest absolute Gasteiger partial charge is 0.293 e. The van der Waals surface area contributed by atoms with Crippen molar-refractivity contribution in [1.82, 2.24) is 4.57 Å². The van der Waals surface area contributed by atoms with Crippen LogP contribution in [0.3, 0.4) is 0 Å². The summed E-state index contributed by atoms with van der Waals surface area (Å²) in [6.45, 7) is 2.63. The number of nitrogens with zero attached hydrogens (tertiary/aromatic N) is 2. The number of aromatic nitrogens is 2. The van der Waals surface area contributed by atoms with Crippen LogP contribution in [0.4, 0.5) is 0 Å². The summed E-state index contributed by atoms with van der Waals surface area (Å²) < 4.78 is 9.15. The van der Waals surface area contributed by atoms with Crippen LogP contribution in [0.5, 0.6) is 0 Å². The van der Waals surface area contributed by atoms with E-state index >= 15 is 0 Å². The third-order valence-electron chi connectivity index (χ3n) is 2.82. The lowest BCUT2D eigenvalue weighted by Crippen LogP contribution is -2.37. The van der Waals surface area contributed by atoms with Crippen molar-refractivity contribution in [3.8, 4) is 0 Å². The molecule has 92 valence electrons. The summed E-state index contributed by atoms with van der Waals surface area (Å²) in [7, 11) is 1.88. The molecule has 0 amide bonds. The van der Waals surface area contributed by atoms with Gasteiger partial charge in [0.15, 0.2) is 0 Å². The van der Waals surface area contributed by atoms with Gasteiger partial charge >= 0.3 is 0 Å². The van der Waals surface area contributed by atoms with Crippen molar-refractivity contribution >= 4 is 0 Å². The van der Waals surface area contributed by atoms with Crippen molar-refractivity contribution in [2.24, 2.45) is 7.05 Å². The van der Waals surface area contributed by atoms with Crippen molar-refractivity contribution in [3.05, 3.63) is 41.9 Å². The van der Waals surface area contributed by atoms with E-state index in [0.717, 1.165) is 12.4 Å². The molecule has 0 fully saturated rings. The molecule has 5 nitrogen and oxygen atoms in total. The number of furan rings is 1. The molecule has 0 saturated heterocycles. The molecular formula is C12H17N2O3+. The second-order valence-electron chi connectivity index (χ2n) is 3.92. The molecule has 1 atom stereocenters. The van der Waals surface area contributed by atoms with Crippen molar-refractivity contribution < 1.29 is 19.2 Å². The maximum atomic E-state index is 10.3. The van der Waals surface area contributed by atoms with E-state index in [0.29, 0.717) is 11.5 Å². The zero-order chi connectivity index (χ0) is 12.4. The van der Waals surface area contributed by atoms with Gasteiger partial charge in [0.1, 0.15) is 30.5 Å². The van der Waals surface area contributed by atoms with E-state index in [1.165, 1.54) is 0 Å². The Balaban J connectivity index is 2.35. The van der Waals surface area contributed by atoms with Crippen molar-refractivity contribution in [2.45, 2.75) is 26.2 Å². The molecular weight excluding hydrogens is 220 g/mol.